The van der Waals surface area contributed by atoms with Gasteiger partial charge in [0.15, 0.2) is 0 Å². The van der Waals surface area contributed by atoms with Gasteiger partial charge in [0.05, 0.1) is 0 Å². The Bertz CT molecular complexity index is 647. The van der Waals surface area contributed by atoms with Crippen molar-refractivity contribution in [2.24, 2.45) is 51.3 Å². The molecule has 0 aromatic rings. The maximum atomic E-state index is 13.2. The van der Waals surface area contributed by atoms with Gasteiger partial charge in [-0.05, 0) is 67.6 Å². The zero-order chi connectivity index (χ0) is 19.2. The Hall–Kier alpha value is -1.23. The Labute approximate surface area is 162 Å². The summed E-state index contributed by atoms with van der Waals surface area (Å²) in [4.78, 5) is 30.9. The zero-order valence-electron chi connectivity index (χ0n) is 16.8. The Morgan fingerprint density at radius 1 is 1.19 bits per heavy atom. The van der Waals surface area contributed by atoms with Crippen molar-refractivity contribution in [2.45, 2.75) is 65.2 Å². The Balaban J connectivity index is 1.52. The molecule has 4 rings (SSSR count). The number of ketones is 2. The number of Topliss-reactive ketones (excluding diaryl/α,β-unsaturated/α-hetero) is 2. The lowest BCUT2D eigenvalue weighted by molar-refractivity contribution is -0.156. The minimum atomic E-state index is -0.158. The Morgan fingerprint density at radius 2 is 2.00 bits per heavy atom. The summed E-state index contributed by atoms with van der Waals surface area (Å²) >= 11 is 0. The highest BCUT2D eigenvalue weighted by atomic mass is 16.6. The van der Waals surface area contributed by atoms with E-state index in [9.17, 15) is 9.59 Å². The van der Waals surface area contributed by atoms with E-state index in [0.29, 0.717) is 54.8 Å². The molecule has 27 heavy (non-hydrogen) atoms. The topological polar surface area (TPSA) is 81.8 Å². The van der Waals surface area contributed by atoms with Crippen LogP contribution in [0.25, 0.3) is 0 Å². The molecule has 0 spiro atoms. The van der Waals surface area contributed by atoms with Crippen LogP contribution >= 0.6 is 0 Å². The first-order chi connectivity index (χ1) is 12.9. The van der Waals surface area contributed by atoms with Gasteiger partial charge >= 0.3 is 0 Å². The molecule has 0 aliphatic heterocycles. The third-order valence-corrected chi connectivity index (χ3v) is 8.76. The first-order valence-electron chi connectivity index (χ1n) is 10.8. The fourth-order valence-electron chi connectivity index (χ4n) is 7.21. The second-order valence-electron chi connectivity index (χ2n) is 9.93. The molecule has 150 valence electrons. The fourth-order valence-corrected chi connectivity index (χ4v) is 7.21. The van der Waals surface area contributed by atoms with Crippen LogP contribution in [0.1, 0.15) is 65.2 Å². The van der Waals surface area contributed by atoms with Gasteiger partial charge < -0.3 is 10.6 Å². The number of hydrogen-bond donors (Lipinski definition) is 1. The van der Waals surface area contributed by atoms with E-state index in [2.05, 4.69) is 19.0 Å². The summed E-state index contributed by atoms with van der Waals surface area (Å²) in [7, 11) is 0. The van der Waals surface area contributed by atoms with Gasteiger partial charge in [-0.2, -0.15) is 0 Å². The summed E-state index contributed by atoms with van der Waals surface area (Å²) < 4.78 is 0. The van der Waals surface area contributed by atoms with Crippen LogP contribution in [0.15, 0.2) is 5.16 Å². The molecule has 7 atom stereocenters. The van der Waals surface area contributed by atoms with Gasteiger partial charge in [0, 0.05) is 36.9 Å². The minimum absolute atomic E-state index is 0.0927. The number of oxime groups is 1. The van der Waals surface area contributed by atoms with Gasteiger partial charge in [0.25, 0.3) is 0 Å². The van der Waals surface area contributed by atoms with Gasteiger partial charge in [-0.25, -0.2) is 0 Å². The lowest BCUT2D eigenvalue weighted by Crippen LogP contribution is -2.56. The van der Waals surface area contributed by atoms with E-state index in [-0.39, 0.29) is 16.7 Å². The molecule has 0 aromatic carbocycles. The van der Waals surface area contributed by atoms with Crippen LogP contribution in [-0.4, -0.2) is 30.9 Å². The quantitative estimate of drug-likeness (QED) is 0.465. The van der Waals surface area contributed by atoms with E-state index in [1.165, 1.54) is 0 Å². The predicted octanol–water partition coefficient (Wildman–Crippen LogP) is 3.35. The molecule has 4 aliphatic rings. The van der Waals surface area contributed by atoms with Crippen molar-refractivity contribution in [2.75, 3.05) is 13.2 Å². The van der Waals surface area contributed by atoms with E-state index in [1.807, 2.05) is 6.21 Å². The smallest absolute Gasteiger partial charge is 0.139 e. The number of hydrogen-bond acceptors (Lipinski definition) is 5. The van der Waals surface area contributed by atoms with E-state index in [1.54, 1.807) is 0 Å². The second-order valence-corrected chi connectivity index (χ2v) is 9.93. The van der Waals surface area contributed by atoms with Gasteiger partial charge in [0.2, 0.25) is 0 Å². The summed E-state index contributed by atoms with van der Waals surface area (Å²) in [5.74, 6) is 2.78. The molecule has 2 N–H and O–H groups in total. The molecule has 0 unspecified atom stereocenters. The summed E-state index contributed by atoms with van der Waals surface area (Å²) in [5, 5.41) is 4.06. The highest BCUT2D eigenvalue weighted by molar-refractivity contribution is 5.88. The number of nitrogens with zero attached hydrogens (tertiary/aromatic N) is 1. The number of carbonyl (C=O) groups is 2. The van der Waals surface area contributed by atoms with E-state index in [0.717, 1.165) is 44.9 Å². The van der Waals surface area contributed by atoms with Gasteiger partial charge in [-0.15, -0.1) is 0 Å². The largest absolute Gasteiger partial charge is 0.395 e. The molecule has 0 amide bonds. The van der Waals surface area contributed by atoms with Gasteiger partial charge in [-0.1, -0.05) is 19.0 Å². The van der Waals surface area contributed by atoms with Crippen molar-refractivity contribution in [1.82, 2.24) is 0 Å². The van der Waals surface area contributed by atoms with Crippen LogP contribution < -0.4 is 5.73 Å². The van der Waals surface area contributed by atoms with Crippen LogP contribution in [0.3, 0.4) is 0 Å². The van der Waals surface area contributed by atoms with Crippen molar-refractivity contribution < 1.29 is 14.4 Å². The summed E-state index contributed by atoms with van der Waals surface area (Å²) in [6.45, 7) is 5.44. The number of nitrogens with two attached hydrogens (primary N) is 1. The van der Waals surface area contributed by atoms with E-state index in [4.69, 9.17) is 10.6 Å². The van der Waals surface area contributed by atoms with E-state index < -0.39 is 0 Å². The molecule has 4 fully saturated rings. The third kappa shape index (κ3) is 2.97. The fraction of sp³-hybridized carbons (Fsp3) is 0.864. The average Bonchev–Trinajstić information content (AvgIpc) is 2.95. The summed E-state index contributed by atoms with van der Waals surface area (Å²) in [5.41, 5.74) is 5.36. The SMILES string of the molecule is C[C@]12CC[C@H](/C=N/OCCN)C[C@@H]1C(=O)C[C@@H]1[C@@H]2CC[C@]2(C)C(=O)CC[C@@H]12. The highest BCUT2D eigenvalue weighted by Gasteiger charge is 2.62. The first kappa shape index (κ1) is 19.1. The van der Waals surface area contributed by atoms with Crippen molar-refractivity contribution in [3.63, 3.8) is 0 Å². The molecule has 4 aliphatic carbocycles. The van der Waals surface area contributed by atoms with Crippen molar-refractivity contribution in [3.05, 3.63) is 0 Å². The van der Waals surface area contributed by atoms with Crippen LogP contribution in [0.2, 0.25) is 0 Å². The molecule has 0 saturated heterocycles. The monoisotopic (exact) mass is 374 g/mol. The number of rotatable bonds is 4. The van der Waals surface area contributed by atoms with Crippen molar-refractivity contribution in [1.29, 1.82) is 0 Å². The normalized spacial score (nSPS) is 46.9. The highest BCUT2D eigenvalue weighted by Crippen LogP contribution is 2.65. The molecule has 4 saturated carbocycles. The van der Waals surface area contributed by atoms with Crippen LogP contribution in [0, 0.1) is 40.4 Å². The molecule has 5 heteroatoms. The van der Waals surface area contributed by atoms with E-state index >= 15 is 0 Å². The predicted molar refractivity (Wildman–Crippen MR) is 104 cm³/mol. The maximum Gasteiger partial charge on any atom is 0.139 e. The lowest BCUT2D eigenvalue weighted by atomic mass is 9.44. The molecule has 0 aromatic heterocycles. The number of carbonyl (C=O) groups excluding carboxylic acids is 2. The Kier molecular flexibility index (Phi) is 4.94. The first-order valence-corrected chi connectivity index (χ1v) is 10.8. The number of fused-ring (bicyclic) bond motifs is 5. The molecule has 0 radical (unpaired) electrons. The molecular weight excluding hydrogens is 340 g/mol. The average molecular weight is 375 g/mol. The minimum Gasteiger partial charge on any atom is -0.395 e. The lowest BCUT2D eigenvalue weighted by Gasteiger charge is -2.59. The van der Waals surface area contributed by atoms with Crippen LogP contribution in [0.4, 0.5) is 0 Å². The third-order valence-electron chi connectivity index (χ3n) is 8.76. The molecule has 0 heterocycles. The molecule has 5 nitrogen and oxygen atoms in total. The van der Waals surface area contributed by atoms with Gasteiger partial charge in [-0.3, -0.25) is 9.59 Å². The molecule has 0 bridgehead atoms. The molecular formula is C22H34N2O3. The zero-order valence-corrected chi connectivity index (χ0v) is 16.8. The van der Waals surface area contributed by atoms with Crippen molar-refractivity contribution in [3.8, 4) is 0 Å². The maximum absolute atomic E-state index is 13.2. The second kappa shape index (κ2) is 6.98. The van der Waals surface area contributed by atoms with Crippen LogP contribution in [-0.2, 0) is 14.4 Å². The standard InChI is InChI=1S/C22H34N2O3/c1-21-7-5-14(13-24-27-10-9-23)11-18(21)19(25)12-15-16-3-4-20(26)22(16,2)8-6-17(15)21/h13-18H,3-12,23H2,1-2H3/b24-13+/t14-,15-,16-,17-,18+,21+,22-/m0/s1. The van der Waals surface area contributed by atoms with Crippen LogP contribution in [0.5, 0.6) is 0 Å². The Morgan fingerprint density at radius 3 is 2.78 bits per heavy atom. The van der Waals surface area contributed by atoms with Gasteiger partial charge in [0.1, 0.15) is 18.2 Å². The van der Waals surface area contributed by atoms with Crippen molar-refractivity contribution >= 4 is 17.8 Å². The summed E-state index contributed by atoms with van der Waals surface area (Å²) in [6.07, 6.45) is 9.48. The summed E-state index contributed by atoms with van der Waals surface area (Å²) in [6, 6.07) is 0.